The van der Waals surface area contributed by atoms with Crippen LogP contribution in [0.25, 0.3) is 0 Å². The van der Waals surface area contributed by atoms with Crippen molar-refractivity contribution in [3.63, 3.8) is 0 Å². The fourth-order valence-corrected chi connectivity index (χ4v) is 5.90. The molecule has 0 bridgehead atoms. The second-order valence-corrected chi connectivity index (χ2v) is 14.0. The number of carboxylic acid groups (broad SMARTS) is 2. The molecule has 5 atom stereocenters. The van der Waals surface area contributed by atoms with Gasteiger partial charge < -0.3 is 46.1 Å². The van der Waals surface area contributed by atoms with Crippen molar-refractivity contribution in [1.82, 2.24) is 16.0 Å². The molecule has 0 aliphatic heterocycles. The van der Waals surface area contributed by atoms with Crippen LogP contribution in [0.2, 0.25) is 0 Å². The molecule has 3 amide bonds. The lowest BCUT2D eigenvalue weighted by molar-refractivity contribution is -0.149. The second kappa shape index (κ2) is 33.2. The van der Waals surface area contributed by atoms with Crippen LogP contribution in [0.3, 0.4) is 0 Å². The van der Waals surface area contributed by atoms with Crippen molar-refractivity contribution in [2.75, 3.05) is 39.6 Å². The van der Waals surface area contributed by atoms with Crippen molar-refractivity contribution >= 4 is 35.4 Å². The molecule has 0 heterocycles. The summed E-state index contributed by atoms with van der Waals surface area (Å²) in [4.78, 5) is 75.7. The molecule has 0 saturated heterocycles. The molecule has 0 aromatic heterocycles. The molecular formula is C39H72N4O11. The van der Waals surface area contributed by atoms with E-state index in [9.17, 15) is 39.0 Å². The lowest BCUT2D eigenvalue weighted by Crippen LogP contribution is -2.55. The summed E-state index contributed by atoms with van der Waals surface area (Å²) in [5.41, 5.74) is 5.63. The Labute approximate surface area is 322 Å². The van der Waals surface area contributed by atoms with E-state index in [1.807, 2.05) is 6.92 Å². The number of rotatable bonds is 37. The van der Waals surface area contributed by atoms with Gasteiger partial charge in [-0.3, -0.25) is 24.0 Å². The smallest absolute Gasteiger partial charge is 0.326 e. The molecule has 0 aromatic rings. The summed E-state index contributed by atoms with van der Waals surface area (Å²) in [6.07, 6.45) is 15.9. The lowest BCUT2D eigenvalue weighted by atomic mass is 9.88. The maximum atomic E-state index is 13.5. The number of aliphatic carboxylic acids is 2. The normalized spacial score (nSPS) is 14.0. The Morgan fingerprint density at radius 1 is 0.611 bits per heavy atom. The number of carbonyl (C=O) groups excluding carboxylic acids is 4. The first-order valence-electron chi connectivity index (χ1n) is 20.2. The highest BCUT2D eigenvalue weighted by atomic mass is 16.5. The number of carbonyl (C=O) groups is 6. The van der Waals surface area contributed by atoms with Crippen molar-refractivity contribution in [2.24, 2.45) is 11.7 Å². The number of amides is 3. The molecule has 0 aromatic carbocycles. The van der Waals surface area contributed by atoms with Gasteiger partial charge in [0.25, 0.3) is 0 Å². The van der Waals surface area contributed by atoms with E-state index in [0.717, 1.165) is 32.1 Å². The van der Waals surface area contributed by atoms with Crippen molar-refractivity contribution in [2.45, 2.75) is 167 Å². The van der Waals surface area contributed by atoms with Crippen molar-refractivity contribution in [3.8, 4) is 0 Å². The molecule has 0 aliphatic rings. The lowest BCUT2D eigenvalue weighted by Gasteiger charge is -2.26. The Bertz CT molecular complexity index is 1060. The van der Waals surface area contributed by atoms with Gasteiger partial charge in [-0.15, -0.1) is 0 Å². The number of carboxylic acids is 2. The SMILES string of the molecule is CCCCCCCCCCC[C@H](CC)NC(=O)C(CC(=O)N[C@H](C(=O)O)C(CC(=O)O)C(=O)[C@H](C)N)NC(=O)COCCOCCOCCCCCCC. The summed E-state index contributed by atoms with van der Waals surface area (Å²) in [6, 6.07) is -4.75. The van der Waals surface area contributed by atoms with Crippen molar-refractivity contribution in [3.05, 3.63) is 0 Å². The van der Waals surface area contributed by atoms with E-state index in [0.29, 0.717) is 32.7 Å². The molecule has 0 radical (unpaired) electrons. The highest BCUT2D eigenvalue weighted by Gasteiger charge is 2.38. The van der Waals surface area contributed by atoms with Crippen LogP contribution in [-0.2, 0) is 43.0 Å². The van der Waals surface area contributed by atoms with Crippen molar-refractivity contribution in [1.29, 1.82) is 0 Å². The zero-order chi connectivity index (χ0) is 40.6. The zero-order valence-electron chi connectivity index (χ0n) is 33.5. The van der Waals surface area contributed by atoms with Crippen LogP contribution in [0, 0.1) is 5.92 Å². The Kier molecular flexibility index (Phi) is 31.3. The van der Waals surface area contributed by atoms with Crippen LogP contribution < -0.4 is 21.7 Å². The molecule has 7 N–H and O–H groups in total. The summed E-state index contributed by atoms with van der Waals surface area (Å²) >= 11 is 0. The fraction of sp³-hybridized carbons (Fsp3) is 0.846. The van der Waals surface area contributed by atoms with E-state index in [1.165, 1.54) is 64.7 Å². The van der Waals surface area contributed by atoms with E-state index >= 15 is 0 Å². The number of nitrogens with one attached hydrogen (secondary N) is 3. The van der Waals surface area contributed by atoms with Gasteiger partial charge in [-0.05, 0) is 26.2 Å². The number of Topliss-reactive ketones (excluding diaryl/α,β-unsaturated/α-hetero) is 1. The minimum Gasteiger partial charge on any atom is -0.481 e. The maximum Gasteiger partial charge on any atom is 0.326 e. The molecule has 0 saturated carbocycles. The molecule has 2 unspecified atom stereocenters. The monoisotopic (exact) mass is 773 g/mol. The van der Waals surface area contributed by atoms with Crippen molar-refractivity contribution < 1.29 is 53.2 Å². The summed E-state index contributed by atoms with van der Waals surface area (Å²) in [5.74, 6) is -7.94. The molecular weight excluding hydrogens is 700 g/mol. The standard InChI is InChI=1S/C39H72N4O11/c1-5-8-10-12-13-14-15-16-18-20-30(7-3)41-38(49)32(27-33(44)43-36(39(50)51)31(26-35(46)47)37(48)29(4)40)42-34(45)28-54-25-24-53-23-22-52-21-19-17-11-9-6-2/h29-32,36H,5-28,40H2,1-4H3,(H,41,49)(H,42,45)(H,43,44)(H,46,47)(H,50,51)/t29-,30-,31?,32?,36-/m0/s1. The molecule has 0 rings (SSSR count). The molecule has 0 fully saturated rings. The van der Waals surface area contributed by atoms with E-state index in [-0.39, 0.29) is 19.3 Å². The van der Waals surface area contributed by atoms with Gasteiger partial charge in [-0.1, -0.05) is 104 Å². The predicted molar refractivity (Wildman–Crippen MR) is 206 cm³/mol. The summed E-state index contributed by atoms with van der Waals surface area (Å²) < 4.78 is 16.4. The third-order valence-corrected chi connectivity index (χ3v) is 9.10. The third-order valence-electron chi connectivity index (χ3n) is 9.10. The van der Waals surface area contributed by atoms with Crippen LogP contribution >= 0.6 is 0 Å². The summed E-state index contributed by atoms with van der Waals surface area (Å²) in [6.45, 7) is 8.95. The number of unbranched alkanes of at least 4 members (excludes halogenated alkanes) is 12. The predicted octanol–water partition coefficient (Wildman–Crippen LogP) is 4.27. The molecule has 0 aliphatic carbocycles. The zero-order valence-corrected chi connectivity index (χ0v) is 33.5. The molecule has 54 heavy (non-hydrogen) atoms. The average Bonchev–Trinajstić information content (AvgIpc) is 3.12. The van der Waals surface area contributed by atoms with E-state index in [2.05, 4.69) is 29.8 Å². The summed E-state index contributed by atoms with van der Waals surface area (Å²) in [7, 11) is 0. The van der Waals surface area contributed by atoms with Crippen LogP contribution in [0.4, 0.5) is 0 Å². The second-order valence-electron chi connectivity index (χ2n) is 14.0. The van der Waals surface area contributed by atoms with Gasteiger partial charge in [-0.25, -0.2) is 4.79 Å². The van der Waals surface area contributed by atoms with Gasteiger partial charge in [-0.2, -0.15) is 0 Å². The first-order valence-corrected chi connectivity index (χ1v) is 20.2. The number of hydrogen-bond donors (Lipinski definition) is 6. The molecule has 15 nitrogen and oxygen atoms in total. The minimum atomic E-state index is -1.93. The van der Waals surface area contributed by atoms with Gasteiger partial charge in [0.1, 0.15) is 18.7 Å². The van der Waals surface area contributed by atoms with Gasteiger partial charge in [0.2, 0.25) is 17.7 Å². The number of hydrogen-bond acceptors (Lipinski definition) is 10. The minimum absolute atomic E-state index is 0.0945. The Morgan fingerprint density at radius 2 is 1.13 bits per heavy atom. The summed E-state index contributed by atoms with van der Waals surface area (Å²) in [5, 5.41) is 26.7. The topological polar surface area (TPSA) is 233 Å². The third kappa shape index (κ3) is 26.6. The number of ether oxygens (including phenoxy) is 3. The van der Waals surface area contributed by atoms with Gasteiger partial charge >= 0.3 is 11.9 Å². The number of ketones is 1. The fourth-order valence-electron chi connectivity index (χ4n) is 5.90. The van der Waals surface area contributed by atoms with Crippen LogP contribution in [0.1, 0.15) is 143 Å². The first-order chi connectivity index (χ1) is 25.9. The maximum absolute atomic E-state index is 13.5. The highest BCUT2D eigenvalue weighted by molar-refractivity contribution is 5.97. The average molecular weight is 773 g/mol. The van der Waals surface area contributed by atoms with Crippen LogP contribution in [0.5, 0.6) is 0 Å². The number of nitrogens with two attached hydrogens (primary N) is 1. The Morgan fingerprint density at radius 3 is 1.65 bits per heavy atom. The molecule has 15 heteroatoms. The van der Waals surface area contributed by atoms with Crippen LogP contribution in [0.15, 0.2) is 0 Å². The Balaban J connectivity index is 5.29. The van der Waals surface area contributed by atoms with E-state index in [1.54, 1.807) is 0 Å². The molecule has 314 valence electrons. The first kappa shape index (κ1) is 50.9. The highest BCUT2D eigenvalue weighted by Crippen LogP contribution is 2.15. The van der Waals surface area contributed by atoms with E-state index in [4.69, 9.17) is 19.9 Å². The van der Waals surface area contributed by atoms with Crippen LogP contribution in [-0.4, -0.2) is 109 Å². The van der Waals surface area contributed by atoms with Gasteiger partial charge in [0.05, 0.1) is 51.2 Å². The van der Waals surface area contributed by atoms with E-state index < -0.39 is 78.9 Å². The molecule has 0 spiro atoms. The van der Waals surface area contributed by atoms with Gasteiger partial charge in [0, 0.05) is 12.6 Å². The largest absolute Gasteiger partial charge is 0.481 e. The van der Waals surface area contributed by atoms with Gasteiger partial charge in [0.15, 0.2) is 5.78 Å². The quantitative estimate of drug-likeness (QED) is 0.0486. The Hall–Kier alpha value is -3.14.